The van der Waals surface area contributed by atoms with Crippen LogP contribution in [0, 0.1) is 6.92 Å². The van der Waals surface area contributed by atoms with E-state index in [1.807, 2.05) is 39.2 Å². The molecular formula is C13H20BrN2O2+. The van der Waals surface area contributed by atoms with Gasteiger partial charge in [-0.15, -0.1) is 0 Å². The average Bonchev–Trinajstić information content (AvgIpc) is 2.27. The van der Waals surface area contributed by atoms with Crippen LogP contribution in [0.2, 0.25) is 0 Å². The van der Waals surface area contributed by atoms with E-state index in [1.165, 1.54) is 4.90 Å². The predicted octanol–water partition coefficient (Wildman–Crippen LogP) is 0.397. The lowest BCUT2D eigenvalue weighted by molar-refractivity contribution is -0.856. The predicted molar refractivity (Wildman–Crippen MR) is 75.1 cm³/mol. The lowest BCUT2D eigenvalue weighted by Crippen LogP contribution is -3.06. The van der Waals surface area contributed by atoms with Crippen LogP contribution in [0.4, 0.5) is 0 Å². The molecule has 0 heterocycles. The van der Waals surface area contributed by atoms with Gasteiger partial charge in [-0.2, -0.15) is 0 Å². The lowest BCUT2D eigenvalue weighted by Gasteiger charge is -2.10. The van der Waals surface area contributed by atoms with Crippen molar-refractivity contribution in [1.82, 2.24) is 5.32 Å². The number of halogens is 1. The van der Waals surface area contributed by atoms with Crippen LogP contribution >= 0.6 is 15.9 Å². The van der Waals surface area contributed by atoms with Crippen LogP contribution in [0.5, 0.6) is 5.75 Å². The normalized spacial score (nSPS) is 10.5. The third-order valence-electron chi connectivity index (χ3n) is 2.39. The molecular weight excluding hydrogens is 296 g/mol. The van der Waals surface area contributed by atoms with Gasteiger partial charge in [-0.25, -0.2) is 0 Å². The van der Waals surface area contributed by atoms with E-state index in [9.17, 15) is 4.79 Å². The quantitative estimate of drug-likeness (QED) is 0.798. The minimum atomic E-state index is -0.0938. The van der Waals surface area contributed by atoms with Crippen LogP contribution < -0.4 is 15.0 Å². The van der Waals surface area contributed by atoms with Crippen LogP contribution in [-0.2, 0) is 4.79 Å². The Labute approximate surface area is 116 Å². The molecule has 0 aliphatic heterocycles. The maximum absolute atomic E-state index is 11.5. The van der Waals surface area contributed by atoms with Crippen molar-refractivity contribution in [2.24, 2.45) is 0 Å². The van der Waals surface area contributed by atoms with Crippen molar-refractivity contribution < 1.29 is 14.4 Å². The highest BCUT2D eigenvalue weighted by Crippen LogP contribution is 2.25. The summed E-state index contributed by atoms with van der Waals surface area (Å²) in [6.45, 7) is 3.62. The Kier molecular flexibility index (Phi) is 6.15. The fraction of sp³-hybridized carbons (Fsp3) is 0.462. The number of aryl methyl sites for hydroxylation is 1. The van der Waals surface area contributed by atoms with Crippen molar-refractivity contribution in [1.29, 1.82) is 0 Å². The van der Waals surface area contributed by atoms with Gasteiger partial charge in [0.2, 0.25) is 0 Å². The number of carbonyl (C=O) groups is 1. The van der Waals surface area contributed by atoms with E-state index < -0.39 is 0 Å². The first-order chi connectivity index (χ1) is 8.49. The van der Waals surface area contributed by atoms with Gasteiger partial charge in [-0.1, -0.05) is 6.07 Å². The van der Waals surface area contributed by atoms with Gasteiger partial charge in [0, 0.05) is 0 Å². The lowest BCUT2D eigenvalue weighted by atomic mass is 10.2. The van der Waals surface area contributed by atoms with Crippen LogP contribution in [-0.4, -0.2) is 39.7 Å². The van der Waals surface area contributed by atoms with Gasteiger partial charge in [0.25, 0.3) is 5.91 Å². The smallest absolute Gasteiger partial charge is 0.258 e. The highest BCUT2D eigenvalue weighted by atomic mass is 79.9. The van der Waals surface area contributed by atoms with Crippen molar-refractivity contribution >= 4 is 21.8 Å². The second-order valence-corrected chi connectivity index (χ2v) is 5.38. The van der Waals surface area contributed by atoms with Crippen LogP contribution in [0.3, 0.4) is 0 Å². The van der Waals surface area contributed by atoms with Gasteiger partial charge in [0.05, 0.1) is 31.7 Å². The summed E-state index contributed by atoms with van der Waals surface area (Å²) in [7, 11) is 4.10. The summed E-state index contributed by atoms with van der Waals surface area (Å²) in [5.41, 5.74) is 1.15. The fourth-order valence-corrected chi connectivity index (χ4v) is 1.98. The van der Waals surface area contributed by atoms with E-state index in [2.05, 4.69) is 21.2 Å². The molecule has 0 atom stereocenters. The first-order valence-corrected chi connectivity index (χ1v) is 6.73. The second kappa shape index (κ2) is 7.38. The molecule has 0 aromatic heterocycles. The van der Waals surface area contributed by atoms with Crippen molar-refractivity contribution in [3.8, 4) is 5.75 Å². The number of quaternary nitrogens is 1. The van der Waals surface area contributed by atoms with E-state index in [4.69, 9.17) is 4.74 Å². The number of amides is 1. The highest BCUT2D eigenvalue weighted by Gasteiger charge is 2.05. The van der Waals surface area contributed by atoms with Crippen LogP contribution in [0.1, 0.15) is 5.56 Å². The van der Waals surface area contributed by atoms with Gasteiger partial charge in [0.1, 0.15) is 5.75 Å². The summed E-state index contributed by atoms with van der Waals surface area (Å²) < 4.78 is 6.31. The van der Waals surface area contributed by atoms with Gasteiger partial charge in [0.15, 0.2) is 6.61 Å². The molecule has 18 heavy (non-hydrogen) atoms. The van der Waals surface area contributed by atoms with Crippen molar-refractivity contribution in [2.45, 2.75) is 6.92 Å². The number of carbonyl (C=O) groups excluding carboxylic acids is 1. The molecule has 1 aromatic rings. The van der Waals surface area contributed by atoms with E-state index in [0.29, 0.717) is 12.3 Å². The maximum atomic E-state index is 11.5. The molecule has 0 aliphatic rings. The fourth-order valence-electron chi connectivity index (χ4n) is 1.37. The van der Waals surface area contributed by atoms with Crippen molar-refractivity contribution in [3.63, 3.8) is 0 Å². The number of likely N-dealkylation sites (N-methyl/N-ethyl adjacent to an activating group) is 1. The Morgan fingerprint density at radius 2 is 2.17 bits per heavy atom. The number of nitrogens with one attached hydrogen (secondary N) is 2. The molecule has 0 fully saturated rings. The Balaban J connectivity index is 2.33. The molecule has 0 saturated heterocycles. The zero-order valence-electron chi connectivity index (χ0n) is 11.0. The topological polar surface area (TPSA) is 42.8 Å². The van der Waals surface area contributed by atoms with Gasteiger partial charge in [-0.3, -0.25) is 4.79 Å². The van der Waals surface area contributed by atoms with E-state index in [1.54, 1.807) is 0 Å². The molecule has 1 rings (SSSR count). The number of ether oxygens (including phenoxy) is 1. The molecule has 0 saturated carbocycles. The van der Waals surface area contributed by atoms with E-state index >= 15 is 0 Å². The minimum absolute atomic E-state index is 0.0461. The highest BCUT2D eigenvalue weighted by molar-refractivity contribution is 9.10. The Bertz CT molecular complexity index is 408. The van der Waals surface area contributed by atoms with Gasteiger partial charge >= 0.3 is 0 Å². The Morgan fingerprint density at radius 1 is 1.44 bits per heavy atom. The average molecular weight is 316 g/mol. The molecule has 5 heteroatoms. The first-order valence-electron chi connectivity index (χ1n) is 5.93. The molecule has 0 spiro atoms. The molecule has 0 radical (unpaired) electrons. The molecule has 0 aliphatic carbocycles. The number of benzene rings is 1. The summed E-state index contributed by atoms with van der Waals surface area (Å²) in [5.74, 6) is 0.595. The second-order valence-electron chi connectivity index (χ2n) is 4.53. The zero-order chi connectivity index (χ0) is 13.5. The third-order valence-corrected chi connectivity index (χ3v) is 3.01. The van der Waals surface area contributed by atoms with Crippen molar-refractivity contribution in [3.05, 3.63) is 28.2 Å². The number of hydrogen-bond acceptors (Lipinski definition) is 2. The standard InChI is InChI=1S/C13H19BrN2O2/c1-10-4-5-12(11(14)8-10)18-9-13(17)15-6-7-16(2)3/h4-5,8H,6-7,9H2,1-3H3,(H,15,17)/p+1. The van der Waals surface area contributed by atoms with Crippen LogP contribution in [0.15, 0.2) is 22.7 Å². The largest absolute Gasteiger partial charge is 0.483 e. The zero-order valence-corrected chi connectivity index (χ0v) is 12.6. The molecule has 100 valence electrons. The molecule has 0 unspecified atom stereocenters. The molecule has 2 N–H and O–H groups in total. The molecule has 1 aromatic carbocycles. The summed E-state index contributed by atoms with van der Waals surface area (Å²) in [5, 5.41) is 2.82. The molecule has 0 bridgehead atoms. The summed E-state index contributed by atoms with van der Waals surface area (Å²) in [6, 6.07) is 5.77. The minimum Gasteiger partial charge on any atom is -0.483 e. The van der Waals surface area contributed by atoms with E-state index in [0.717, 1.165) is 16.6 Å². The number of hydrogen-bond donors (Lipinski definition) is 2. The molecule has 4 nitrogen and oxygen atoms in total. The summed E-state index contributed by atoms with van der Waals surface area (Å²) >= 11 is 3.41. The maximum Gasteiger partial charge on any atom is 0.258 e. The third kappa shape index (κ3) is 5.51. The van der Waals surface area contributed by atoms with Gasteiger partial charge < -0.3 is 15.0 Å². The van der Waals surface area contributed by atoms with Crippen LogP contribution in [0.25, 0.3) is 0 Å². The SMILES string of the molecule is Cc1ccc(OCC(=O)NCC[NH+](C)C)c(Br)c1. The Morgan fingerprint density at radius 3 is 2.78 bits per heavy atom. The Hall–Kier alpha value is -1.07. The van der Waals surface area contributed by atoms with Gasteiger partial charge in [-0.05, 0) is 40.5 Å². The molecule has 1 amide bonds. The first kappa shape index (κ1) is 15.0. The monoisotopic (exact) mass is 315 g/mol. The summed E-state index contributed by atoms with van der Waals surface area (Å²) in [6.07, 6.45) is 0. The number of rotatable bonds is 6. The van der Waals surface area contributed by atoms with Crippen molar-refractivity contribution in [2.75, 3.05) is 33.8 Å². The summed E-state index contributed by atoms with van der Waals surface area (Å²) in [4.78, 5) is 12.8. The van der Waals surface area contributed by atoms with E-state index in [-0.39, 0.29) is 12.5 Å².